The highest BCUT2D eigenvalue weighted by molar-refractivity contribution is 7.18. The van der Waals surface area contributed by atoms with Crippen LogP contribution in [0.15, 0.2) is 17.1 Å². The number of primary amides is 1. The van der Waals surface area contributed by atoms with E-state index in [0.717, 1.165) is 49.0 Å². The summed E-state index contributed by atoms with van der Waals surface area (Å²) in [5.74, 6) is -0.695. The van der Waals surface area contributed by atoms with Gasteiger partial charge in [-0.15, -0.1) is 11.3 Å². The predicted octanol–water partition coefficient (Wildman–Crippen LogP) is 0.563. The predicted molar refractivity (Wildman–Crippen MR) is 81.9 cm³/mol. The van der Waals surface area contributed by atoms with Gasteiger partial charge in [-0.3, -0.25) is 14.5 Å². The van der Waals surface area contributed by atoms with Gasteiger partial charge in [0.05, 0.1) is 18.6 Å². The molecule has 1 amide bonds. The number of thiophene rings is 1. The maximum atomic E-state index is 12.1. The molecule has 2 aromatic heterocycles. The van der Waals surface area contributed by atoms with Crippen molar-refractivity contribution >= 4 is 27.5 Å². The summed E-state index contributed by atoms with van der Waals surface area (Å²) in [6.45, 7) is 4.43. The molecule has 0 aromatic carbocycles. The van der Waals surface area contributed by atoms with Crippen LogP contribution < -0.4 is 11.2 Å². The Balaban J connectivity index is 1.79. The Morgan fingerprint density at radius 3 is 2.90 bits per heavy atom. The Bertz CT molecular complexity index is 716. The molecule has 0 spiro atoms. The van der Waals surface area contributed by atoms with Gasteiger partial charge in [0, 0.05) is 30.7 Å². The Morgan fingerprint density at radius 1 is 1.43 bits per heavy atom. The van der Waals surface area contributed by atoms with E-state index in [2.05, 4.69) is 9.88 Å². The van der Waals surface area contributed by atoms with Crippen LogP contribution in [0.3, 0.4) is 0 Å². The van der Waals surface area contributed by atoms with Gasteiger partial charge in [0.25, 0.3) is 5.91 Å². The molecule has 3 rings (SSSR count). The van der Waals surface area contributed by atoms with E-state index in [0.29, 0.717) is 5.39 Å². The van der Waals surface area contributed by atoms with Gasteiger partial charge in [-0.1, -0.05) is 0 Å². The van der Waals surface area contributed by atoms with Crippen LogP contribution in [-0.4, -0.2) is 48.6 Å². The molecule has 0 radical (unpaired) electrons. The number of H-pyrrole nitrogens is 1. The van der Waals surface area contributed by atoms with E-state index in [1.54, 1.807) is 11.3 Å². The molecule has 112 valence electrons. The van der Waals surface area contributed by atoms with E-state index in [1.807, 2.05) is 6.07 Å². The molecule has 1 fully saturated rings. The number of hydrogen-bond donors (Lipinski definition) is 2. The first-order valence-corrected chi connectivity index (χ1v) is 7.71. The standard InChI is InChI=1S/C14H17N3O3S/c15-13(19)11-8-16-14-10(12(11)18)7-9(21-14)1-2-17-3-5-20-6-4-17/h7-8H,1-6H2,(H2,15,19)(H,16,18). The molecule has 0 saturated carbocycles. The van der Waals surface area contributed by atoms with Crippen LogP contribution in [0.5, 0.6) is 0 Å². The maximum Gasteiger partial charge on any atom is 0.254 e. The molecule has 1 aliphatic heterocycles. The minimum Gasteiger partial charge on any atom is -0.379 e. The lowest BCUT2D eigenvalue weighted by Gasteiger charge is -2.26. The molecular formula is C14H17N3O3S. The number of amides is 1. The van der Waals surface area contributed by atoms with Gasteiger partial charge in [-0.05, 0) is 12.5 Å². The van der Waals surface area contributed by atoms with Gasteiger partial charge in [-0.2, -0.15) is 0 Å². The quantitative estimate of drug-likeness (QED) is 0.864. The molecule has 2 aromatic rings. The largest absolute Gasteiger partial charge is 0.379 e. The monoisotopic (exact) mass is 307 g/mol. The summed E-state index contributed by atoms with van der Waals surface area (Å²) in [6.07, 6.45) is 2.29. The number of ether oxygens (including phenoxy) is 1. The lowest BCUT2D eigenvalue weighted by atomic mass is 10.2. The van der Waals surface area contributed by atoms with Crippen LogP contribution in [0.25, 0.3) is 10.2 Å². The summed E-state index contributed by atoms with van der Waals surface area (Å²) >= 11 is 1.55. The Kier molecular flexibility index (Phi) is 4.05. The third-order valence-corrected chi connectivity index (χ3v) is 4.79. The van der Waals surface area contributed by atoms with Gasteiger partial charge in [0.1, 0.15) is 10.4 Å². The number of morpholine rings is 1. The maximum absolute atomic E-state index is 12.1. The van der Waals surface area contributed by atoms with Crippen molar-refractivity contribution in [2.75, 3.05) is 32.8 Å². The number of hydrogen-bond acceptors (Lipinski definition) is 5. The van der Waals surface area contributed by atoms with Crippen molar-refractivity contribution < 1.29 is 9.53 Å². The van der Waals surface area contributed by atoms with Crippen molar-refractivity contribution in [3.8, 4) is 0 Å². The van der Waals surface area contributed by atoms with Gasteiger partial charge in [-0.25, -0.2) is 0 Å². The average molecular weight is 307 g/mol. The number of fused-ring (bicyclic) bond motifs is 1. The van der Waals surface area contributed by atoms with Gasteiger partial charge in [0.15, 0.2) is 0 Å². The fourth-order valence-corrected chi connectivity index (χ4v) is 3.48. The zero-order valence-corrected chi connectivity index (χ0v) is 12.4. The first kappa shape index (κ1) is 14.2. The normalized spacial score (nSPS) is 16.4. The lowest BCUT2D eigenvalue weighted by Crippen LogP contribution is -2.37. The highest BCUT2D eigenvalue weighted by atomic mass is 32.1. The topological polar surface area (TPSA) is 88.4 Å². The van der Waals surface area contributed by atoms with Crippen molar-refractivity contribution in [2.24, 2.45) is 5.73 Å². The van der Waals surface area contributed by atoms with Crippen molar-refractivity contribution in [3.05, 3.63) is 32.9 Å². The SMILES string of the molecule is NC(=O)c1c[nH]c2sc(CCN3CCOCC3)cc2c1=O. The average Bonchev–Trinajstić information content (AvgIpc) is 2.90. The number of carbonyl (C=O) groups excluding carboxylic acids is 1. The highest BCUT2D eigenvalue weighted by Gasteiger charge is 2.14. The number of nitrogens with one attached hydrogen (secondary N) is 1. The molecule has 0 aliphatic carbocycles. The van der Waals surface area contributed by atoms with E-state index in [9.17, 15) is 9.59 Å². The summed E-state index contributed by atoms with van der Waals surface area (Å²) in [7, 11) is 0. The molecule has 3 N–H and O–H groups in total. The van der Waals surface area contributed by atoms with Crippen LogP contribution in [0.1, 0.15) is 15.2 Å². The molecule has 3 heterocycles. The molecule has 6 nitrogen and oxygen atoms in total. The van der Waals surface area contributed by atoms with E-state index >= 15 is 0 Å². The summed E-state index contributed by atoms with van der Waals surface area (Å²) in [5.41, 5.74) is 4.92. The first-order chi connectivity index (χ1) is 10.1. The van der Waals surface area contributed by atoms with Crippen LogP contribution >= 0.6 is 11.3 Å². The molecule has 7 heteroatoms. The van der Waals surface area contributed by atoms with Crippen LogP contribution in [0.4, 0.5) is 0 Å². The first-order valence-electron chi connectivity index (χ1n) is 6.89. The van der Waals surface area contributed by atoms with E-state index in [4.69, 9.17) is 10.5 Å². The molecule has 0 bridgehead atoms. The Morgan fingerprint density at radius 2 is 2.19 bits per heavy atom. The molecule has 0 atom stereocenters. The van der Waals surface area contributed by atoms with Gasteiger partial charge in [0.2, 0.25) is 5.43 Å². The van der Waals surface area contributed by atoms with Gasteiger partial charge < -0.3 is 15.5 Å². The molecule has 1 saturated heterocycles. The number of pyridine rings is 1. The number of carbonyl (C=O) groups is 1. The Hall–Kier alpha value is -1.70. The number of rotatable bonds is 4. The third kappa shape index (κ3) is 2.99. The number of nitrogens with two attached hydrogens (primary N) is 1. The summed E-state index contributed by atoms with van der Waals surface area (Å²) in [5, 5.41) is 0.549. The smallest absolute Gasteiger partial charge is 0.254 e. The van der Waals surface area contributed by atoms with Crippen LogP contribution in [0, 0.1) is 0 Å². The second kappa shape index (κ2) is 5.97. The minimum absolute atomic E-state index is 0.0139. The zero-order chi connectivity index (χ0) is 14.8. The minimum atomic E-state index is -0.695. The zero-order valence-electron chi connectivity index (χ0n) is 11.6. The second-order valence-corrected chi connectivity index (χ2v) is 6.19. The summed E-state index contributed by atoms with van der Waals surface area (Å²) < 4.78 is 5.32. The third-order valence-electron chi connectivity index (χ3n) is 3.66. The molecule has 1 aliphatic rings. The summed E-state index contributed by atoms with van der Waals surface area (Å²) in [4.78, 5) is 30.6. The fourth-order valence-electron chi connectivity index (χ4n) is 2.47. The number of aromatic amines is 1. The number of aromatic nitrogens is 1. The molecular weight excluding hydrogens is 290 g/mol. The van der Waals surface area contributed by atoms with Gasteiger partial charge >= 0.3 is 0 Å². The number of nitrogens with zero attached hydrogens (tertiary/aromatic N) is 1. The fraction of sp³-hybridized carbons (Fsp3) is 0.429. The van der Waals surface area contributed by atoms with E-state index < -0.39 is 5.91 Å². The van der Waals surface area contributed by atoms with Crippen molar-refractivity contribution in [3.63, 3.8) is 0 Å². The summed E-state index contributed by atoms with van der Waals surface area (Å²) in [6, 6.07) is 1.87. The van der Waals surface area contributed by atoms with Crippen molar-refractivity contribution in [1.29, 1.82) is 0 Å². The second-order valence-electron chi connectivity index (χ2n) is 5.06. The van der Waals surface area contributed by atoms with Crippen molar-refractivity contribution in [2.45, 2.75) is 6.42 Å². The molecule has 21 heavy (non-hydrogen) atoms. The van der Waals surface area contributed by atoms with E-state index in [-0.39, 0.29) is 11.0 Å². The van der Waals surface area contributed by atoms with Crippen LogP contribution in [0.2, 0.25) is 0 Å². The van der Waals surface area contributed by atoms with Crippen LogP contribution in [-0.2, 0) is 11.2 Å². The van der Waals surface area contributed by atoms with E-state index in [1.165, 1.54) is 6.20 Å². The highest BCUT2D eigenvalue weighted by Crippen LogP contribution is 2.22. The lowest BCUT2D eigenvalue weighted by molar-refractivity contribution is 0.0385. The Labute approximate surface area is 125 Å². The molecule has 0 unspecified atom stereocenters. The van der Waals surface area contributed by atoms with Crippen molar-refractivity contribution in [1.82, 2.24) is 9.88 Å².